The van der Waals surface area contributed by atoms with E-state index in [1.54, 1.807) is 10.7 Å². The summed E-state index contributed by atoms with van der Waals surface area (Å²) in [4.78, 5) is 4.20. The van der Waals surface area contributed by atoms with E-state index in [9.17, 15) is 0 Å². The van der Waals surface area contributed by atoms with Gasteiger partial charge >= 0.3 is 0 Å². The smallest absolute Gasteiger partial charge is 0.271 e. The van der Waals surface area contributed by atoms with Gasteiger partial charge in [-0.1, -0.05) is 30.3 Å². The Morgan fingerprint density at radius 2 is 1.94 bits per heavy atom. The van der Waals surface area contributed by atoms with Crippen LogP contribution in [0.4, 0.5) is 0 Å². The normalized spacial score (nSPS) is 10.9. The lowest BCUT2D eigenvalue weighted by molar-refractivity contribution is 0.803. The van der Waals surface area contributed by atoms with Crippen LogP contribution in [0.3, 0.4) is 0 Å². The monoisotopic (exact) mass is 226 g/mol. The number of fused-ring (bicyclic) bond motifs is 1. The number of hydrogen-bond acceptors (Lipinski definition) is 5. The van der Waals surface area contributed by atoms with E-state index in [-0.39, 0.29) is 6.54 Å². The van der Waals surface area contributed by atoms with E-state index in [2.05, 4.69) is 20.3 Å². The molecular weight excluding hydrogens is 216 g/mol. The van der Waals surface area contributed by atoms with Gasteiger partial charge in [-0.3, -0.25) is 0 Å². The summed E-state index contributed by atoms with van der Waals surface area (Å²) in [6.07, 6.45) is 1.68. The third-order valence-corrected chi connectivity index (χ3v) is 2.45. The molecule has 2 N–H and O–H groups in total. The van der Waals surface area contributed by atoms with Crippen molar-refractivity contribution in [2.24, 2.45) is 5.73 Å². The van der Waals surface area contributed by atoms with Gasteiger partial charge in [0.25, 0.3) is 5.78 Å². The van der Waals surface area contributed by atoms with Crippen LogP contribution in [0.2, 0.25) is 0 Å². The van der Waals surface area contributed by atoms with Gasteiger partial charge < -0.3 is 5.73 Å². The fraction of sp³-hybridized carbons (Fsp3) is 0.0909. The number of rotatable bonds is 2. The van der Waals surface area contributed by atoms with E-state index in [1.807, 2.05) is 30.3 Å². The fourth-order valence-electron chi connectivity index (χ4n) is 1.61. The first-order valence-electron chi connectivity index (χ1n) is 5.21. The molecule has 3 aromatic rings. The second kappa shape index (κ2) is 3.91. The Bertz CT molecular complexity index is 645. The summed E-state index contributed by atoms with van der Waals surface area (Å²) in [7, 11) is 0. The molecule has 0 bridgehead atoms. The topological polar surface area (TPSA) is 82.0 Å². The number of aromatic nitrogens is 5. The van der Waals surface area contributed by atoms with Gasteiger partial charge in [-0.2, -0.15) is 9.61 Å². The van der Waals surface area contributed by atoms with Crippen LogP contribution in [0, 0.1) is 0 Å². The molecule has 0 spiro atoms. The molecule has 1 aromatic carbocycles. The molecule has 0 amide bonds. The maximum atomic E-state index is 5.56. The fourth-order valence-corrected chi connectivity index (χ4v) is 1.61. The van der Waals surface area contributed by atoms with Crippen LogP contribution in [0.25, 0.3) is 17.0 Å². The van der Waals surface area contributed by atoms with Crippen LogP contribution in [0.1, 0.15) is 5.82 Å². The summed E-state index contributed by atoms with van der Waals surface area (Å²) in [6.45, 7) is 0.286. The molecule has 0 fully saturated rings. The maximum Gasteiger partial charge on any atom is 0.271 e. The molecule has 2 heterocycles. The molecule has 0 saturated carbocycles. The Morgan fingerprint density at radius 3 is 2.71 bits per heavy atom. The van der Waals surface area contributed by atoms with Crippen LogP contribution < -0.4 is 5.73 Å². The Balaban J connectivity index is 2.19. The van der Waals surface area contributed by atoms with Gasteiger partial charge in [0.2, 0.25) is 0 Å². The van der Waals surface area contributed by atoms with Crippen molar-refractivity contribution in [2.75, 3.05) is 0 Å². The number of nitrogens with two attached hydrogens (primary N) is 1. The summed E-state index contributed by atoms with van der Waals surface area (Å²) >= 11 is 0. The molecule has 6 nitrogen and oxygen atoms in total. The minimum atomic E-state index is 0.286. The molecule has 0 aliphatic heterocycles. The molecule has 0 unspecified atom stereocenters. The lowest BCUT2D eigenvalue weighted by Gasteiger charge is -2.00. The van der Waals surface area contributed by atoms with E-state index in [1.165, 1.54) is 0 Å². The van der Waals surface area contributed by atoms with Gasteiger partial charge in [-0.05, 0) is 0 Å². The third-order valence-electron chi connectivity index (χ3n) is 2.45. The van der Waals surface area contributed by atoms with Crippen molar-refractivity contribution in [3.05, 3.63) is 42.4 Å². The maximum absolute atomic E-state index is 5.56. The Labute approximate surface area is 97.1 Å². The van der Waals surface area contributed by atoms with Gasteiger partial charge in [0.05, 0.1) is 12.7 Å². The summed E-state index contributed by atoms with van der Waals surface area (Å²) in [5.74, 6) is 1.07. The first-order valence-corrected chi connectivity index (χ1v) is 5.21. The highest BCUT2D eigenvalue weighted by Gasteiger charge is 2.07. The summed E-state index contributed by atoms with van der Waals surface area (Å²) in [5, 5.41) is 12.2. The van der Waals surface area contributed by atoms with E-state index in [0.717, 1.165) is 11.3 Å². The highest BCUT2D eigenvalue weighted by molar-refractivity contribution is 5.57. The molecule has 0 aliphatic carbocycles. The van der Waals surface area contributed by atoms with Crippen LogP contribution in [0.5, 0.6) is 0 Å². The zero-order valence-corrected chi connectivity index (χ0v) is 8.98. The zero-order valence-electron chi connectivity index (χ0n) is 8.98. The zero-order chi connectivity index (χ0) is 11.7. The SMILES string of the molecule is NCc1nnc2ncc(-c3ccccc3)nn12. The van der Waals surface area contributed by atoms with Crippen molar-refractivity contribution in [3.8, 4) is 11.3 Å². The molecule has 0 aliphatic rings. The predicted octanol–water partition coefficient (Wildman–Crippen LogP) is 0.645. The second-order valence-corrected chi connectivity index (χ2v) is 3.54. The van der Waals surface area contributed by atoms with Gasteiger partial charge in [-0.15, -0.1) is 10.2 Å². The summed E-state index contributed by atoms with van der Waals surface area (Å²) in [6, 6.07) is 9.82. The molecule has 0 saturated heterocycles. The predicted molar refractivity (Wildman–Crippen MR) is 61.9 cm³/mol. The van der Waals surface area contributed by atoms with E-state index >= 15 is 0 Å². The molecule has 0 atom stereocenters. The van der Waals surface area contributed by atoms with Crippen molar-refractivity contribution < 1.29 is 0 Å². The second-order valence-electron chi connectivity index (χ2n) is 3.54. The Morgan fingerprint density at radius 1 is 1.12 bits per heavy atom. The van der Waals surface area contributed by atoms with Crippen molar-refractivity contribution in [1.29, 1.82) is 0 Å². The molecular formula is C11H10N6. The average molecular weight is 226 g/mol. The van der Waals surface area contributed by atoms with Crippen LogP contribution in [-0.4, -0.2) is 24.8 Å². The molecule has 3 rings (SSSR count). The van der Waals surface area contributed by atoms with Crippen molar-refractivity contribution in [2.45, 2.75) is 6.54 Å². The van der Waals surface area contributed by atoms with Gasteiger partial charge in [0.1, 0.15) is 5.69 Å². The minimum Gasteiger partial charge on any atom is -0.324 e. The lowest BCUT2D eigenvalue weighted by Crippen LogP contribution is -2.06. The Kier molecular flexibility index (Phi) is 2.27. The minimum absolute atomic E-state index is 0.286. The molecule has 0 radical (unpaired) electrons. The molecule has 17 heavy (non-hydrogen) atoms. The standard InChI is InChI=1S/C11H10N6/c12-6-10-14-15-11-13-7-9(16-17(10)11)8-4-2-1-3-5-8/h1-5,7H,6,12H2. The van der Waals surface area contributed by atoms with E-state index in [4.69, 9.17) is 5.73 Å². The van der Waals surface area contributed by atoms with Gasteiger partial charge in [0, 0.05) is 5.56 Å². The van der Waals surface area contributed by atoms with Crippen LogP contribution >= 0.6 is 0 Å². The highest BCUT2D eigenvalue weighted by Crippen LogP contribution is 2.14. The molecule has 6 heteroatoms. The highest BCUT2D eigenvalue weighted by atomic mass is 15.4. The number of nitrogens with zero attached hydrogens (tertiary/aromatic N) is 5. The number of benzene rings is 1. The van der Waals surface area contributed by atoms with E-state index in [0.29, 0.717) is 11.6 Å². The summed E-state index contributed by atoms with van der Waals surface area (Å²) in [5.41, 5.74) is 7.33. The summed E-state index contributed by atoms with van der Waals surface area (Å²) < 4.78 is 1.57. The van der Waals surface area contributed by atoms with E-state index < -0.39 is 0 Å². The molecule has 2 aromatic heterocycles. The Hall–Kier alpha value is -2.34. The quantitative estimate of drug-likeness (QED) is 0.693. The largest absolute Gasteiger partial charge is 0.324 e. The van der Waals surface area contributed by atoms with Crippen molar-refractivity contribution in [3.63, 3.8) is 0 Å². The van der Waals surface area contributed by atoms with Crippen molar-refractivity contribution >= 4 is 5.78 Å². The average Bonchev–Trinajstić information content (AvgIpc) is 2.81. The first-order chi connectivity index (χ1) is 8.38. The third kappa shape index (κ3) is 1.64. The molecule has 84 valence electrons. The first kappa shape index (κ1) is 9.86. The lowest BCUT2D eigenvalue weighted by atomic mass is 10.2. The van der Waals surface area contributed by atoms with Crippen LogP contribution in [0.15, 0.2) is 36.5 Å². The van der Waals surface area contributed by atoms with Crippen molar-refractivity contribution in [1.82, 2.24) is 24.8 Å². The van der Waals surface area contributed by atoms with Gasteiger partial charge in [-0.25, -0.2) is 4.98 Å². The number of hydrogen-bond donors (Lipinski definition) is 1. The van der Waals surface area contributed by atoms with Gasteiger partial charge in [0.15, 0.2) is 5.82 Å². The van der Waals surface area contributed by atoms with Crippen LogP contribution in [-0.2, 0) is 6.54 Å².